The van der Waals surface area contributed by atoms with E-state index in [1.54, 1.807) is 0 Å². The minimum Gasteiger partial charge on any atom is -0.396 e. The molecule has 0 spiro atoms. The lowest BCUT2D eigenvalue weighted by Crippen LogP contribution is -2.48. The number of hydrogen-bond acceptors (Lipinski definition) is 4. The summed E-state index contributed by atoms with van der Waals surface area (Å²) in [5.41, 5.74) is 4.95. The van der Waals surface area contributed by atoms with Gasteiger partial charge in [0.1, 0.15) is 16.5 Å². The standard InChI is InChI=1S/C12H17F2N3O2S/c1-2-16-3-5-17(6-4-16)20(18,19)12-8-11(15)9(13)7-10(12)14/h7-8H,2-6,15H2,1H3. The zero-order chi connectivity index (χ0) is 14.9. The second kappa shape index (κ2) is 5.63. The van der Waals surface area contributed by atoms with Crippen molar-refractivity contribution in [1.29, 1.82) is 0 Å². The van der Waals surface area contributed by atoms with Crippen molar-refractivity contribution in [3.8, 4) is 0 Å². The highest BCUT2D eigenvalue weighted by atomic mass is 32.2. The minimum atomic E-state index is -3.98. The van der Waals surface area contributed by atoms with E-state index < -0.39 is 26.6 Å². The molecule has 1 aromatic rings. The average molecular weight is 305 g/mol. The van der Waals surface area contributed by atoms with E-state index in [4.69, 9.17) is 5.73 Å². The third-order valence-corrected chi connectivity index (χ3v) is 5.36. The summed E-state index contributed by atoms with van der Waals surface area (Å²) in [6.07, 6.45) is 0. The van der Waals surface area contributed by atoms with Crippen LogP contribution in [0.5, 0.6) is 0 Å². The molecule has 1 heterocycles. The molecule has 1 fully saturated rings. The highest BCUT2D eigenvalue weighted by Crippen LogP contribution is 2.24. The third kappa shape index (κ3) is 2.77. The Kier molecular flexibility index (Phi) is 4.26. The Labute approximate surface area is 117 Å². The molecule has 1 aliphatic heterocycles. The van der Waals surface area contributed by atoms with Crippen molar-refractivity contribution < 1.29 is 17.2 Å². The van der Waals surface area contributed by atoms with Gasteiger partial charge < -0.3 is 10.6 Å². The Bertz CT molecular complexity index is 599. The lowest BCUT2D eigenvalue weighted by Gasteiger charge is -2.33. The molecule has 0 saturated carbocycles. The molecule has 0 amide bonds. The van der Waals surface area contributed by atoms with Crippen LogP contribution in [0.4, 0.5) is 14.5 Å². The molecule has 1 aromatic carbocycles. The van der Waals surface area contributed by atoms with E-state index in [0.29, 0.717) is 19.2 Å². The zero-order valence-corrected chi connectivity index (χ0v) is 12.0. The van der Waals surface area contributed by atoms with Gasteiger partial charge in [-0.05, 0) is 12.6 Å². The van der Waals surface area contributed by atoms with E-state index >= 15 is 0 Å². The zero-order valence-electron chi connectivity index (χ0n) is 11.1. The molecule has 20 heavy (non-hydrogen) atoms. The Morgan fingerprint density at radius 3 is 2.30 bits per heavy atom. The van der Waals surface area contributed by atoms with Crippen LogP contribution >= 0.6 is 0 Å². The molecule has 1 aliphatic rings. The van der Waals surface area contributed by atoms with Crippen LogP contribution in [0.2, 0.25) is 0 Å². The lowest BCUT2D eigenvalue weighted by atomic mass is 10.3. The fraction of sp³-hybridized carbons (Fsp3) is 0.500. The van der Waals surface area contributed by atoms with E-state index in [0.717, 1.165) is 12.6 Å². The van der Waals surface area contributed by atoms with Crippen molar-refractivity contribution in [3.63, 3.8) is 0 Å². The molecule has 0 atom stereocenters. The molecule has 0 unspecified atom stereocenters. The van der Waals surface area contributed by atoms with Crippen molar-refractivity contribution in [2.45, 2.75) is 11.8 Å². The van der Waals surface area contributed by atoms with Crippen LogP contribution in [0.25, 0.3) is 0 Å². The second-order valence-corrected chi connectivity index (χ2v) is 6.55. The molecule has 1 saturated heterocycles. The number of nitrogens with zero attached hydrogens (tertiary/aromatic N) is 2. The van der Waals surface area contributed by atoms with Gasteiger partial charge in [-0.2, -0.15) is 4.31 Å². The second-order valence-electron chi connectivity index (χ2n) is 4.64. The van der Waals surface area contributed by atoms with Gasteiger partial charge in [0, 0.05) is 32.2 Å². The number of benzene rings is 1. The largest absolute Gasteiger partial charge is 0.396 e. The van der Waals surface area contributed by atoms with Crippen LogP contribution < -0.4 is 5.73 Å². The highest BCUT2D eigenvalue weighted by Gasteiger charge is 2.31. The van der Waals surface area contributed by atoms with Gasteiger partial charge in [-0.1, -0.05) is 6.92 Å². The van der Waals surface area contributed by atoms with Crippen LogP contribution in [0.1, 0.15) is 6.92 Å². The summed E-state index contributed by atoms with van der Waals surface area (Å²) in [5, 5.41) is 0. The summed E-state index contributed by atoms with van der Waals surface area (Å²) in [6, 6.07) is 1.34. The first-order valence-electron chi connectivity index (χ1n) is 6.33. The molecular weight excluding hydrogens is 288 g/mol. The van der Waals surface area contributed by atoms with Crippen molar-refractivity contribution in [2.75, 3.05) is 38.5 Å². The summed E-state index contributed by atoms with van der Waals surface area (Å²) < 4.78 is 52.7. The SMILES string of the molecule is CCN1CCN(S(=O)(=O)c2cc(N)c(F)cc2F)CC1. The molecule has 8 heteroatoms. The van der Waals surface area contributed by atoms with Crippen molar-refractivity contribution in [2.24, 2.45) is 0 Å². The summed E-state index contributed by atoms with van der Waals surface area (Å²) in [6.45, 7) is 4.58. The maximum Gasteiger partial charge on any atom is 0.246 e. The van der Waals surface area contributed by atoms with Crippen LogP contribution in [0.15, 0.2) is 17.0 Å². The quantitative estimate of drug-likeness (QED) is 0.842. The van der Waals surface area contributed by atoms with Crippen molar-refractivity contribution in [1.82, 2.24) is 9.21 Å². The number of nitrogens with two attached hydrogens (primary N) is 1. The maximum atomic E-state index is 13.7. The van der Waals surface area contributed by atoms with Crippen LogP contribution in [-0.2, 0) is 10.0 Å². The molecule has 5 nitrogen and oxygen atoms in total. The van der Waals surface area contributed by atoms with Crippen LogP contribution in [0, 0.1) is 11.6 Å². The maximum absolute atomic E-state index is 13.7. The Morgan fingerprint density at radius 2 is 1.75 bits per heavy atom. The molecule has 0 radical (unpaired) electrons. The van der Waals surface area contributed by atoms with Gasteiger partial charge in [0.05, 0.1) is 5.69 Å². The number of anilines is 1. The van der Waals surface area contributed by atoms with Crippen LogP contribution in [0.3, 0.4) is 0 Å². The summed E-state index contributed by atoms with van der Waals surface area (Å²) in [5.74, 6) is -2.08. The van der Waals surface area contributed by atoms with E-state index in [-0.39, 0.29) is 18.8 Å². The molecule has 112 valence electrons. The van der Waals surface area contributed by atoms with E-state index in [1.165, 1.54) is 4.31 Å². The number of likely N-dealkylation sites (N-methyl/N-ethyl adjacent to an activating group) is 1. The lowest BCUT2D eigenvalue weighted by molar-refractivity contribution is 0.196. The summed E-state index contributed by atoms with van der Waals surface area (Å²) in [7, 11) is -3.98. The number of rotatable bonds is 3. The minimum absolute atomic E-state index is 0.285. The van der Waals surface area contributed by atoms with E-state index in [2.05, 4.69) is 4.90 Å². The van der Waals surface area contributed by atoms with Gasteiger partial charge in [0.15, 0.2) is 0 Å². The first-order chi connectivity index (χ1) is 9.36. The summed E-state index contributed by atoms with van der Waals surface area (Å²) >= 11 is 0. The normalized spacial score (nSPS) is 18.4. The first-order valence-corrected chi connectivity index (χ1v) is 7.77. The molecule has 2 N–H and O–H groups in total. The van der Waals surface area contributed by atoms with Crippen molar-refractivity contribution in [3.05, 3.63) is 23.8 Å². The van der Waals surface area contributed by atoms with Gasteiger partial charge in [0.2, 0.25) is 10.0 Å². The topological polar surface area (TPSA) is 66.6 Å². The Balaban J connectivity index is 2.30. The highest BCUT2D eigenvalue weighted by molar-refractivity contribution is 7.89. The van der Waals surface area contributed by atoms with Gasteiger partial charge in [-0.15, -0.1) is 0 Å². The van der Waals surface area contributed by atoms with Crippen molar-refractivity contribution >= 4 is 15.7 Å². The molecule has 0 bridgehead atoms. The number of nitrogen functional groups attached to an aromatic ring is 1. The molecule has 0 aromatic heterocycles. The monoisotopic (exact) mass is 305 g/mol. The molecule has 0 aliphatic carbocycles. The number of hydrogen-bond donors (Lipinski definition) is 1. The van der Waals surface area contributed by atoms with Gasteiger partial charge in [-0.25, -0.2) is 17.2 Å². The van der Waals surface area contributed by atoms with Crippen LogP contribution in [-0.4, -0.2) is 50.3 Å². The van der Waals surface area contributed by atoms with Gasteiger partial charge in [0.25, 0.3) is 0 Å². The fourth-order valence-corrected chi connectivity index (χ4v) is 3.67. The number of piperazine rings is 1. The molecular formula is C12H17F2N3O2S. The predicted octanol–water partition coefficient (Wildman–Crippen LogP) is 0.873. The van der Waals surface area contributed by atoms with Gasteiger partial charge >= 0.3 is 0 Å². The third-order valence-electron chi connectivity index (χ3n) is 3.45. The smallest absolute Gasteiger partial charge is 0.246 e. The average Bonchev–Trinajstić information content (AvgIpc) is 2.42. The fourth-order valence-electron chi connectivity index (χ4n) is 2.17. The first kappa shape index (κ1) is 15.1. The Hall–Kier alpha value is -1.25. The summed E-state index contributed by atoms with van der Waals surface area (Å²) in [4.78, 5) is 1.53. The van der Waals surface area contributed by atoms with E-state index in [1.807, 2.05) is 6.92 Å². The Morgan fingerprint density at radius 1 is 1.15 bits per heavy atom. The number of sulfonamides is 1. The van der Waals surface area contributed by atoms with E-state index in [9.17, 15) is 17.2 Å². The predicted molar refractivity (Wildman–Crippen MR) is 71.6 cm³/mol. The van der Waals surface area contributed by atoms with Gasteiger partial charge in [-0.3, -0.25) is 0 Å². The molecule has 2 rings (SSSR count). The number of halogens is 2.